The molecule has 1 aliphatic carbocycles. The highest BCUT2D eigenvalue weighted by Crippen LogP contribution is 2.26. The molecule has 0 amide bonds. The predicted molar refractivity (Wildman–Crippen MR) is 55.4 cm³/mol. The van der Waals surface area contributed by atoms with Gasteiger partial charge in [0.25, 0.3) is 0 Å². The number of rotatable bonds is 3. The first-order valence-electron chi connectivity index (χ1n) is 5.39. The van der Waals surface area contributed by atoms with Crippen LogP contribution in [0.5, 0.6) is 0 Å². The number of hydrogen-bond acceptors (Lipinski definition) is 2. The van der Waals surface area contributed by atoms with E-state index in [2.05, 4.69) is 4.79 Å². The van der Waals surface area contributed by atoms with E-state index in [1.807, 2.05) is 6.92 Å². The van der Waals surface area contributed by atoms with Gasteiger partial charge < -0.3 is 5.53 Å². The molecule has 0 aromatic carbocycles. The van der Waals surface area contributed by atoms with Gasteiger partial charge in [-0.15, -0.1) is 0 Å². The smallest absolute Gasteiger partial charge is 0.323 e. The Balaban J connectivity index is 2.62. The van der Waals surface area contributed by atoms with Gasteiger partial charge in [-0.05, 0) is 12.8 Å². The summed E-state index contributed by atoms with van der Waals surface area (Å²) in [5, 5.41) is 0. The normalized spacial score (nSPS) is 26.6. The lowest BCUT2D eigenvalue weighted by Crippen LogP contribution is -2.22. The van der Waals surface area contributed by atoms with Crippen LogP contribution >= 0.6 is 0 Å². The summed E-state index contributed by atoms with van der Waals surface area (Å²) in [6, 6.07) is 0. The van der Waals surface area contributed by atoms with Gasteiger partial charge in [-0.25, -0.2) is 0 Å². The van der Waals surface area contributed by atoms with Crippen molar-refractivity contribution in [2.75, 3.05) is 0 Å². The van der Waals surface area contributed by atoms with E-state index >= 15 is 0 Å². The maximum absolute atomic E-state index is 11.8. The van der Waals surface area contributed by atoms with E-state index < -0.39 is 0 Å². The van der Waals surface area contributed by atoms with Crippen molar-refractivity contribution in [3.8, 4) is 0 Å². The molecule has 0 spiro atoms. The fourth-order valence-electron chi connectivity index (χ4n) is 2.09. The van der Waals surface area contributed by atoms with Crippen molar-refractivity contribution in [3.63, 3.8) is 0 Å². The van der Waals surface area contributed by atoms with Gasteiger partial charge in [0.1, 0.15) is 5.78 Å². The Hall–Kier alpha value is -1.28. The van der Waals surface area contributed by atoms with E-state index in [0.717, 1.165) is 31.9 Å². The molecule has 0 aliphatic heterocycles. The number of carbonyl (C=O) groups excluding carboxylic acids is 2. The van der Waals surface area contributed by atoms with Crippen LogP contribution in [0.3, 0.4) is 0 Å². The average Bonchev–Trinajstić information content (AvgIpc) is 2.34. The van der Waals surface area contributed by atoms with Crippen LogP contribution in [0.15, 0.2) is 0 Å². The maximum atomic E-state index is 11.8. The summed E-state index contributed by atoms with van der Waals surface area (Å²) in [4.78, 5) is 25.7. The van der Waals surface area contributed by atoms with Crippen molar-refractivity contribution in [1.82, 2.24) is 0 Å². The molecule has 2 atom stereocenters. The molecule has 1 aliphatic rings. The molecule has 0 radical (unpaired) electrons. The number of nitrogens with zero attached hydrogens (tertiary/aromatic N) is 2. The number of carbonyl (C=O) groups is 2. The van der Waals surface area contributed by atoms with Crippen LogP contribution in [-0.4, -0.2) is 22.6 Å². The Labute approximate surface area is 89.3 Å². The van der Waals surface area contributed by atoms with Gasteiger partial charge in [-0.3, -0.25) is 9.59 Å². The summed E-state index contributed by atoms with van der Waals surface area (Å²) < 4.78 is 0. The fraction of sp³-hybridized carbons (Fsp3) is 0.727. The molecule has 4 heteroatoms. The van der Waals surface area contributed by atoms with Gasteiger partial charge >= 0.3 is 6.21 Å². The highest BCUT2D eigenvalue weighted by molar-refractivity contribution is 6.25. The lowest BCUT2D eigenvalue weighted by atomic mass is 9.89. The second-order valence-electron chi connectivity index (χ2n) is 4.20. The van der Waals surface area contributed by atoms with Crippen molar-refractivity contribution in [2.24, 2.45) is 11.8 Å². The second-order valence-corrected chi connectivity index (χ2v) is 4.20. The van der Waals surface area contributed by atoms with Crippen LogP contribution in [0.1, 0.15) is 39.0 Å². The summed E-state index contributed by atoms with van der Waals surface area (Å²) >= 11 is 0. The Bertz CT molecular complexity index is 306. The third-order valence-corrected chi connectivity index (χ3v) is 2.98. The Morgan fingerprint density at radius 1 is 1.53 bits per heavy atom. The molecular formula is C11H16N2O2. The summed E-state index contributed by atoms with van der Waals surface area (Å²) in [6.07, 6.45) is 4.85. The molecule has 1 rings (SSSR count). The monoisotopic (exact) mass is 208 g/mol. The quantitative estimate of drug-likeness (QED) is 0.306. The molecular weight excluding hydrogens is 192 g/mol. The van der Waals surface area contributed by atoms with Crippen LogP contribution < -0.4 is 0 Å². The molecule has 0 heterocycles. The van der Waals surface area contributed by atoms with Gasteiger partial charge in [-0.1, -0.05) is 19.8 Å². The highest BCUT2D eigenvalue weighted by atomic mass is 16.1. The standard InChI is InChI=1S/C11H16N2O2/c1-8-4-2-3-5-9(11(8)15)6-10(14)7-13-12/h7-9H,2-6H2,1H3. The molecule has 0 bridgehead atoms. The van der Waals surface area contributed by atoms with E-state index in [1.165, 1.54) is 0 Å². The Kier molecular flexibility index (Phi) is 4.37. The molecule has 0 aromatic rings. The third kappa shape index (κ3) is 3.40. The van der Waals surface area contributed by atoms with Crippen LogP contribution in [-0.2, 0) is 9.59 Å². The zero-order valence-corrected chi connectivity index (χ0v) is 8.98. The molecule has 15 heavy (non-hydrogen) atoms. The van der Waals surface area contributed by atoms with Gasteiger partial charge in [-0.2, -0.15) is 4.79 Å². The topological polar surface area (TPSA) is 70.5 Å². The summed E-state index contributed by atoms with van der Waals surface area (Å²) in [5.41, 5.74) is 8.20. The number of hydrogen-bond donors (Lipinski definition) is 0. The minimum atomic E-state index is -0.273. The third-order valence-electron chi connectivity index (χ3n) is 2.98. The minimum absolute atomic E-state index is 0.0661. The first kappa shape index (κ1) is 11.8. The highest BCUT2D eigenvalue weighted by Gasteiger charge is 2.28. The predicted octanol–water partition coefficient (Wildman–Crippen LogP) is 1.64. The minimum Gasteiger partial charge on any atom is -0.361 e. The molecule has 4 nitrogen and oxygen atoms in total. The van der Waals surface area contributed by atoms with Crippen LogP contribution in [0.25, 0.3) is 5.53 Å². The van der Waals surface area contributed by atoms with Gasteiger partial charge in [0.05, 0.1) is 0 Å². The van der Waals surface area contributed by atoms with Crippen molar-refractivity contribution >= 4 is 17.8 Å². The zero-order valence-electron chi connectivity index (χ0n) is 8.98. The van der Waals surface area contributed by atoms with Crippen LogP contribution in [0.2, 0.25) is 0 Å². The number of ketones is 2. The number of Topliss-reactive ketones (excluding diaryl/α,β-unsaturated/α-hetero) is 2. The first-order valence-corrected chi connectivity index (χ1v) is 5.39. The maximum Gasteiger partial charge on any atom is 0.323 e. The van der Waals surface area contributed by atoms with Gasteiger partial charge in [0.15, 0.2) is 0 Å². The molecule has 0 N–H and O–H groups in total. The lowest BCUT2D eigenvalue weighted by Gasteiger charge is -2.13. The zero-order chi connectivity index (χ0) is 11.3. The Morgan fingerprint density at radius 2 is 2.20 bits per heavy atom. The van der Waals surface area contributed by atoms with Crippen LogP contribution in [0, 0.1) is 11.8 Å². The van der Waals surface area contributed by atoms with Crippen molar-refractivity contribution in [2.45, 2.75) is 39.0 Å². The fourth-order valence-corrected chi connectivity index (χ4v) is 2.09. The van der Waals surface area contributed by atoms with E-state index in [9.17, 15) is 9.59 Å². The summed E-state index contributed by atoms with van der Waals surface area (Å²) in [5.74, 6) is -0.193. The lowest BCUT2D eigenvalue weighted by molar-refractivity contribution is -0.129. The largest absolute Gasteiger partial charge is 0.361 e. The molecule has 0 saturated heterocycles. The average molecular weight is 208 g/mol. The van der Waals surface area contributed by atoms with Crippen LogP contribution in [0.4, 0.5) is 0 Å². The van der Waals surface area contributed by atoms with E-state index in [-0.39, 0.29) is 29.8 Å². The summed E-state index contributed by atoms with van der Waals surface area (Å²) in [7, 11) is 0. The van der Waals surface area contributed by atoms with E-state index in [0.29, 0.717) is 0 Å². The van der Waals surface area contributed by atoms with Gasteiger partial charge in [0.2, 0.25) is 5.78 Å². The summed E-state index contributed by atoms with van der Waals surface area (Å²) in [6.45, 7) is 1.92. The van der Waals surface area contributed by atoms with Crippen molar-refractivity contribution in [3.05, 3.63) is 5.53 Å². The molecule has 1 saturated carbocycles. The van der Waals surface area contributed by atoms with E-state index in [1.54, 1.807) is 0 Å². The molecule has 2 unspecified atom stereocenters. The molecule has 1 fully saturated rings. The second kappa shape index (κ2) is 5.56. The van der Waals surface area contributed by atoms with Gasteiger partial charge in [0, 0.05) is 18.3 Å². The van der Waals surface area contributed by atoms with Crippen molar-refractivity contribution in [1.29, 1.82) is 0 Å². The Morgan fingerprint density at radius 3 is 2.87 bits per heavy atom. The SMILES string of the molecule is CC1CCCCC(CC(=O)C=[N+]=[N-])C1=O. The molecule has 82 valence electrons. The van der Waals surface area contributed by atoms with Crippen molar-refractivity contribution < 1.29 is 14.4 Å². The first-order chi connectivity index (χ1) is 7.15. The van der Waals surface area contributed by atoms with E-state index in [4.69, 9.17) is 5.53 Å². The molecule has 0 aromatic heterocycles.